The number of ether oxygens (including phenoxy) is 1. The lowest BCUT2D eigenvalue weighted by Gasteiger charge is -2.12. The van der Waals surface area contributed by atoms with Gasteiger partial charge in [-0.2, -0.15) is 0 Å². The van der Waals surface area contributed by atoms with Crippen molar-refractivity contribution in [1.29, 1.82) is 0 Å². The maximum absolute atomic E-state index is 13.4. The van der Waals surface area contributed by atoms with E-state index in [1.807, 2.05) is 44.2 Å². The van der Waals surface area contributed by atoms with Crippen molar-refractivity contribution in [2.75, 3.05) is 12.4 Å². The molecule has 29 heavy (non-hydrogen) atoms. The highest BCUT2D eigenvalue weighted by Gasteiger charge is 2.14. The van der Waals surface area contributed by atoms with Crippen LogP contribution in [0.2, 0.25) is 0 Å². The average Bonchev–Trinajstić information content (AvgIpc) is 3.13. The smallest absolute Gasteiger partial charge is 0.256 e. The molecule has 0 spiro atoms. The minimum atomic E-state index is -0.438. The summed E-state index contributed by atoms with van der Waals surface area (Å²) in [5.74, 6) is 0.363. The first kappa shape index (κ1) is 18.6. The predicted octanol–water partition coefficient (Wildman–Crippen LogP) is 4.41. The van der Waals surface area contributed by atoms with Gasteiger partial charge in [0.05, 0.1) is 19.0 Å². The summed E-state index contributed by atoms with van der Waals surface area (Å²) in [7, 11) is 1.57. The molecule has 0 fully saturated rings. The second-order valence-electron chi connectivity index (χ2n) is 6.77. The van der Waals surface area contributed by atoms with Crippen LogP contribution in [0.3, 0.4) is 0 Å². The molecule has 0 saturated carbocycles. The molecule has 2 heterocycles. The first-order chi connectivity index (χ1) is 13.9. The SMILES string of the molecule is COc1ccc(C)c(C(=O)Nc2cc(-c3cn4cc(F)cnc4n3)ccc2C)c1. The number of nitrogens with one attached hydrogen (secondary N) is 1. The van der Waals surface area contributed by atoms with Crippen LogP contribution < -0.4 is 10.1 Å². The normalized spacial score (nSPS) is 10.9. The van der Waals surface area contributed by atoms with E-state index in [9.17, 15) is 9.18 Å². The highest BCUT2D eigenvalue weighted by Crippen LogP contribution is 2.26. The lowest BCUT2D eigenvalue weighted by atomic mass is 10.1. The molecule has 0 saturated heterocycles. The van der Waals surface area contributed by atoms with Gasteiger partial charge in [0.15, 0.2) is 5.82 Å². The number of methoxy groups -OCH3 is 1. The molecule has 2 aromatic carbocycles. The topological polar surface area (TPSA) is 68.5 Å². The van der Waals surface area contributed by atoms with E-state index < -0.39 is 5.82 Å². The quantitative estimate of drug-likeness (QED) is 0.560. The zero-order valence-electron chi connectivity index (χ0n) is 16.2. The first-order valence-corrected chi connectivity index (χ1v) is 9.02. The Balaban J connectivity index is 1.67. The summed E-state index contributed by atoms with van der Waals surface area (Å²) < 4.78 is 20.1. The lowest BCUT2D eigenvalue weighted by molar-refractivity contribution is 0.102. The van der Waals surface area contributed by atoms with Crippen LogP contribution in [0, 0.1) is 19.7 Å². The van der Waals surface area contributed by atoms with E-state index in [0.29, 0.717) is 28.5 Å². The van der Waals surface area contributed by atoms with Gasteiger partial charge in [-0.25, -0.2) is 14.4 Å². The van der Waals surface area contributed by atoms with E-state index in [0.717, 1.165) is 22.9 Å². The zero-order chi connectivity index (χ0) is 20.5. The van der Waals surface area contributed by atoms with Gasteiger partial charge in [-0.3, -0.25) is 9.20 Å². The van der Waals surface area contributed by atoms with Crippen molar-refractivity contribution in [3.05, 3.63) is 77.5 Å². The number of nitrogens with zero attached hydrogens (tertiary/aromatic N) is 3. The molecule has 6 nitrogen and oxygen atoms in total. The fourth-order valence-electron chi connectivity index (χ4n) is 3.08. The molecule has 0 unspecified atom stereocenters. The van der Waals surface area contributed by atoms with Gasteiger partial charge >= 0.3 is 0 Å². The molecule has 0 bridgehead atoms. The molecule has 0 radical (unpaired) electrons. The molecule has 0 aliphatic carbocycles. The summed E-state index contributed by atoms with van der Waals surface area (Å²) in [6.45, 7) is 3.79. The van der Waals surface area contributed by atoms with Crippen molar-refractivity contribution in [2.45, 2.75) is 13.8 Å². The second-order valence-corrected chi connectivity index (χ2v) is 6.77. The van der Waals surface area contributed by atoms with Crippen molar-refractivity contribution >= 4 is 17.4 Å². The summed E-state index contributed by atoms with van der Waals surface area (Å²) in [6, 6.07) is 11.0. The Kier molecular flexibility index (Phi) is 4.72. The number of carbonyl (C=O) groups excluding carboxylic acids is 1. The number of halogens is 1. The van der Waals surface area contributed by atoms with Crippen LogP contribution in [0.5, 0.6) is 5.75 Å². The zero-order valence-corrected chi connectivity index (χ0v) is 16.2. The molecule has 0 aliphatic rings. The van der Waals surface area contributed by atoms with Gasteiger partial charge in [0.2, 0.25) is 5.78 Å². The molecule has 7 heteroatoms. The van der Waals surface area contributed by atoms with E-state index in [2.05, 4.69) is 15.3 Å². The number of anilines is 1. The highest BCUT2D eigenvalue weighted by atomic mass is 19.1. The molecular formula is C22H19FN4O2. The van der Waals surface area contributed by atoms with Gasteiger partial charge in [-0.05, 0) is 43.2 Å². The van der Waals surface area contributed by atoms with Crippen molar-refractivity contribution in [3.63, 3.8) is 0 Å². The fraction of sp³-hybridized carbons (Fsp3) is 0.136. The van der Waals surface area contributed by atoms with Crippen LogP contribution in [-0.2, 0) is 0 Å². The summed E-state index contributed by atoms with van der Waals surface area (Å²) in [4.78, 5) is 21.2. The average molecular weight is 390 g/mol. The number of aromatic nitrogens is 3. The molecule has 1 N–H and O–H groups in total. The summed E-state index contributed by atoms with van der Waals surface area (Å²) >= 11 is 0. The van der Waals surface area contributed by atoms with Gasteiger partial charge in [0.25, 0.3) is 5.91 Å². The van der Waals surface area contributed by atoms with Crippen molar-refractivity contribution in [2.24, 2.45) is 0 Å². The number of rotatable bonds is 4. The third-order valence-electron chi connectivity index (χ3n) is 4.75. The number of imidazole rings is 1. The Labute approximate surface area is 167 Å². The minimum Gasteiger partial charge on any atom is -0.497 e. The van der Waals surface area contributed by atoms with Gasteiger partial charge in [-0.15, -0.1) is 0 Å². The van der Waals surface area contributed by atoms with Crippen molar-refractivity contribution in [3.8, 4) is 17.0 Å². The number of hydrogen-bond acceptors (Lipinski definition) is 4. The van der Waals surface area contributed by atoms with E-state index in [1.165, 1.54) is 10.6 Å². The Bertz CT molecular complexity index is 1230. The van der Waals surface area contributed by atoms with E-state index >= 15 is 0 Å². The third-order valence-corrected chi connectivity index (χ3v) is 4.75. The van der Waals surface area contributed by atoms with Crippen molar-refractivity contribution < 1.29 is 13.9 Å². The summed E-state index contributed by atoms with van der Waals surface area (Å²) in [5, 5.41) is 2.97. The predicted molar refractivity (Wildman–Crippen MR) is 109 cm³/mol. The molecule has 146 valence electrons. The van der Waals surface area contributed by atoms with Crippen LogP contribution in [0.15, 0.2) is 55.0 Å². The molecular weight excluding hydrogens is 371 g/mol. The Morgan fingerprint density at radius 1 is 1.10 bits per heavy atom. The van der Waals surface area contributed by atoms with Crippen LogP contribution in [0.1, 0.15) is 21.5 Å². The molecule has 2 aromatic heterocycles. The molecule has 4 rings (SSSR count). The maximum Gasteiger partial charge on any atom is 0.256 e. The highest BCUT2D eigenvalue weighted by molar-refractivity contribution is 6.06. The number of fused-ring (bicyclic) bond motifs is 1. The number of hydrogen-bond donors (Lipinski definition) is 1. The summed E-state index contributed by atoms with van der Waals surface area (Å²) in [6.07, 6.45) is 4.15. The van der Waals surface area contributed by atoms with Crippen LogP contribution in [0.4, 0.5) is 10.1 Å². The van der Waals surface area contributed by atoms with Gasteiger partial charge in [-0.1, -0.05) is 18.2 Å². The number of carbonyl (C=O) groups is 1. The molecule has 4 aromatic rings. The first-order valence-electron chi connectivity index (χ1n) is 9.02. The Morgan fingerprint density at radius 2 is 1.90 bits per heavy atom. The standard InChI is InChI=1S/C22H19FN4O2/c1-13-5-7-17(29-3)9-18(13)21(28)25-19-8-15(6-4-14(19)2)20-12-27-11-16(23)10-24-22(27)26-20/h4-12H,1-3H3,(H,25,28). The molecule has 0 aliphatic heterocycles. The third kappa shape index (κ3) is 3.67. The molecule has 1 amide bonds. The van der Waals surface area contributed by atoms with Crippen molar-refractivity contribution in [1.82, 2.24) is 14.4 Å². The second kappa shape index (κ2) is 7.35. The van der Waals surface area contributed by atoms with E-state index in [-0.39, 0.29) is 5.91 Å². The van der Waals surface area contributed by atoms with Crippen LogP contribution >= 0.6 is 0 Å². The number of aryl methyl sites for hydroxylation is 2. The van der Waals surface area contributed by atoms with Gasteiger partial charge in [0, 0.05) is 29.2 Å². The monoisotopic (exact) mass is 390 g/mol. The summed E-state index contributed by atoms with van der Waals surface area (Å²) in [5.41, 5.74) is 4.41. The minimum absolute atomic E-state index is 0.222. The molecule has 0 atom stereocenters. The van der Waals surface area contributed by atoms with Crippen LogP contribution in [-0.4, -0.2) is 27.4 Å². The Hall–Kier alpha value is -3.74. The fourth-order valence-corrected chi connectivity index (χ4v) is 3.08. The number of amides is 1. The largest absolute Gasteiger partial charge is 0.497 e. The van der Waals surface area contributed by atoms with Gasteiger partial charge in [0.1, 0.15) is 5.75 Å². The van der Waals surface area contributed by atoms with E-state index in [4.69, 9.17) is 4.74 Å². The lowest BCUT2D eigenvalue weighted by Crippen LogP contribution is -2.14. The van der Waals surface area contributed by atoms with Gasteiger partial charge < -0.3 is 10.1 Å². The maximum atomic E-state index is 13.4. The Morgan fingerprint density at radius 3 is 2.69 bits per heavy atom. The number of benzene rings is 2. The van der Waals surface area contributed by atoms with E-state index in [1.54, 1.807) is 19.4 Å². The van der Waals surface area contributed by atoms with Crippen LogP contribution in [0.25, 0.3) is 17.0 Å².